The number of carbonyl (C=O) groups is 1. The summed E-state index contributed by atoms with van der Waals surface area (Å²) >= 11 is 0. The van der Waals surface area contributed by atoms with E-state index in [1.165, 1.54) is 5.57 Å². The lowest BCUT2D eigenvalue weighted by atomic mass is 9.98. The summed E-state index contributed by atoms with van der Waals surface area (Å²) in [7, 11) is 0. The molecule has 3 aromatic carbocycles. The van der Waals surface area contributed by atoms with E-state index in [9.17, 15) is 9.90 Å². The summed E-state index contributed by atoms with van der Waals surface area (Å²) in [6.45, 7) is 4.77. The third kappa shape index (κ3) is 4.26. The van der Waals surface area contributed by atoms with Gasteiger partial charge in [-0.1, -0.05) is 74.5 Å². The van der Waals surface area contributed by atoms with Crippen LogP contribution in [0.15, 0.2) is 66.7 Å². The smallest absolute Gasteiger partial charge is 0.352 e. The molecule has 0 aliphatic heterocycles. The highest BCUT2D eigenvalue weighted by Crippen LogP contribution is 2.32. The SMILES string of the molecule is CCC=C(CC)c1cccc2c(CCCOc3cccc4ccccc34)c(C(=O)O)[nH]c12. The van der Waals surface area contributed by atoms with Crippen molar-refractivity contribution in [1.29, 1.82) is 0 Å². The Hall–Kier alpha value is -3.53. The van der Waals surface area contributed by atoms with Crippen LogP contribution in [-0.2, 0) is 6.42 Å². The molecule has 4 nitrogen and oxygen atoms in total. The van der Waals surface area contributed by atoms with Gasteiger partial charge in [-0.3, -0.25) is 0 Å². The maximum Gasteiger partial charge on any atom is 0.352 e. The van der Waals surface area contributed by atoms with Gasteiger partial charge < -0.3 is 14.8 Å². The van der Waals surface area contributed by atoms with Gasteiger partial charge in [0.1, 0.15) is 11.4 Å². The Morgan fingerprint density at radius 1 is 1.00 bits per heavy atom. The van der Waals surface area contributed by atoms with Gasteiger partial charge in [-0.15, -0.1) is 0 Å². The van der Waals surface area contributed by atoms with Gasteiger partial charge in [-0.2, -0.15) is 0 Å². The molecule has 0 aliphatic rings. The number of benzene rings is 3. The number of hydrogen-bond donors (Lipinski definition) is 2. The minimum absolute atomic E-state index is 0.282. The number of nitrogens with one attached hydrogen (secondary N) is 1. The summed E-state index contributed by atoms with van der Waals surface area (Å²) in [5.74, 6) is -0.0605. The Balaban J connectivity index is 1.58. The minimum atomic E-state index is -0.922. The van der Waals surface area contributed by atoms with Crippen molar-refractivity contribution in [3.05, 3.63) is 83.6 Å². The molecule has 164 valence electrons. The Labute approximate surface area is 188 Å². The topological polar surface area (TPSA) is 62.3 Å². The number of carboxylic acids is 1. The van der Waals surface area contributed by atoms with Gasteiger partial charge in [0.05, 0.1) is 12.1 Å². The van der Waals surface area contributed by atoms with E-state index in [0.717, 1.165) is 57.8 Å². The molecule has 0 bridgehead atoms. The van der Waals surface area contributed by atoms with Crippen LogP contribution in [0.1, 0.15) is 54.7 Å². The zero-order valence-corrected chi connectivity index (χ0v) is 18.7. The van der Waals surface area contributed by atoms with Crippen molar-refractivity contribution in [3.8, 4) is 5.75 Å². The Morgan fingerprint density at radius 2 is 1.75 bits per heavy atom. The molecule has 0 fully saturated rings. The number of hydrogen-bond acceptors (Lipinski definition) is 2. The molecule has 1 aromatic heterocycles. The molecule has 4 rings (SSSR count). The van der Waals surface area contributed by atoms with Crippen molar-refractivity contribution in [2.75, 3.05) is 6.61 Å². The quantitative estimate of drug-likeness (QED) is 0.277. The molecule has 0 saturated heterocycles. The van der Waals surface area contributed by atoms with Gasteiger partial charge in [0.25, 0.3) is 0 Å². The van der Waals surface area contributed by atoms with Gasteiger partial charge in [0.2, 0.25) is 0 Å². The van der Waals surface area contributed by atoms with E-state index in [-0.39, 0.29) is 5.69 Å². The molecule has 1 heterocycles. The Kier molecular flexibility index (Phi) is 6.60. The summed E-state index contributed by atoms with van der Waals surface area (Å²) in [6.07, 6.45) is 5.43. The second-order valence-electron chi connectivity index (χ2n) is 7.93. The minimum Gasteiger partial charge on any atom is -0.493 e. The highest BCUT2D eigenvalue weighted by molar-refractivity contribution is 6.01. The van der Waals surface area contributed by atoms with Gasteiger partial charge in [0, 0.05) is 16.3 Å². The number of allylic oxidation sites excluding steroid dienone is 2. The highest BCUT2D eigenvalue weighted by atomic mass is 16.5. The lowest BCUT2D eigenvalue weighted by molar-refractivity contribution is 0.0690. The lowest BCUT2D eigenvalue weighted by Gasteiger charge is -2.10. The predicted octanol–water partition coefficient (Wildman–Crippen LogP) is 7.23. The molecule has 0 spiro atoms. The maximum atomic E-state index is 12.0. The van der Waals surface area contributed by atoms with E-state index in [1.54, 1.807) is 0 Å². The highest BCUT2D eigenvalue weighted by Gasteiger charge is 2.19. The first-order valence-electron chi connectivity index (χ1n) is 11.3. The van der Waals surface area contributed by atoms with E-state index in [1.807, 2.05) is 36.4 Å². The third-order valence-corrected chi connectivity index (χ3v) is 5.91. The molecule has 0 aliphatic carbocycles. The fourth-order valence-electron chi connectivity index (χ4n) is 4.43. The maximum absolute atomic E-state index is 12.0. The number of rotatable bonds is 9. The third-order valence-electron chi connectivity index (χ3n) is 5.91. The monoisotopic (exact) mass is 427 g/mol. The molecule has 0 radical (unpaired) electrons. The van der Waals surface area contributed by atoms with Gasteiger partial charge in [-0.05, 0) is 48.3 Å². The van der Waals surface area contributed by atoms with Gasteiger partial charge in [-0.25, -0.2) is 4.79 Å². The molecule has 0 unspecified atom stereocenters. The van der Waals surface area contributed by atoms with Crippen molar-refractivity contribution in [2.45, 2.75) is 39.5 Å². The van der Waals surface area contributed by atoms with E-state index in [0.29, 0.717) is 13.0 Å². The fraction of sp³-hybridized carbons (Fsp3) is 0.250. The summed E-state index contributed by atoms with van der Waals surface area (Å²) < 4.78 is 6.07. The van der Waals surface area contributed by atoms with Crippen LogP contribution < -0.4 is 4.74 Å². The molecule has 0 atom stereocenters. The van der Waals surface area contributed by atoms with Crippen molar-refractivity contribution in [1.82, 2.24) is 4.98 Å². The van der Waals surface area contributed by atoms with E-state index in [4.69, 9.17) is 4.74 Å². The first-order chi connectivity index (χ1) is 15.6. The van der Waals surface area contributed by atoms with Crippen LogP contribution in [-0.4, -0.2) is 22.7 Å². The van der Waals surface area contributed by atoms with Crippen LogP contribution in [0.2, 0.25) is 0 Å². The average Bonchev–Trinajstić information content (AvgIpc) is 3.19. The molecule has 4 aromatic rings. The second kappa shape index (κ2) is 9.73. The second-order valence-corrected chi connectivity index (χ2v) is 7.93. The van der Waals surface area contributed by atoms with Crippen LogP contribution in [0, 0.1) is 0 Å². The van der Waals surface area contributed by atoms with Crippen LogP contribution in [0.5, 0.6) is 5.75 Å². The fourth-order valence-corrected chi connectivity index (χ4v) is 4.43. The van der Waals surface area contributed by atoms with Crippen molar-refractivity contribution < 1.29 is 14.6 Å². The number of fused-ring (bicyclic) bond motifs is 2. The summed E-state index contributed by atoms with van der Waals surface area (Å²) in [6, 6.07) is 20.3. The average molecular weight is 428 g/mol. The number of para-hydroxylation sites is 1. The van der Waals surface area contributed by atoms with Crippen molar-refractivity contribution in [2.24, 2.45) is 0 Å². The normalized spacial score (nSPS) is 11.9. The van der Waals surface area contributed by atoms with Crippen molar-refractivity contribution >= 4 is 33.2 Å². The number of ether oxygens (including phenoxy) is 1. The predicted molar refractivity (Wildman–Crippen MR) is 132 cm³/mol. The van der Waals surface area contributed by atoms with Gasteiger partial charge in [0.15, 0.2) is 0 Å². The summed E-state index contributed by atoms with van der Waals surface area (Å²) in [4.78, 5) is 15.2. The van der Waals surface area contributed by atoms with E-state index >= 15 is 0 Å². The molecular weight excluding hydrogens is 398 g/mol. The molecular formula is C28H29NO3. The lowest BCUT2D eigenvalue weighted by Crippen LogP contribution is -2.04. The Morgan fingerprint density at radius 3 is 2.53 bits per heavy atom. The van der Waals surface area contributed by atoms with Crippen molar-refractivity contribution in [3.63, 3.8) is 0 Å². The molecule has 0 amide bonds. The number of carboxylic acid groups (broad SMARTS) is 1. The van der Waals surface area contributed by atoms with Crippen LogP contribution in [0.25, 0.3) is 27.2 Å². The van der Waals surface area contributed by atoms with E-state index < -0.39 is 5.97 Å². The number of aromatic amines is 1. The largest absolute Gasteiger partial charge is 0.493 e. The van der Waals surface area contributed by atoms with Crippen LogP contribution in [0.3, 0.4) is 0 Å². The summed E-state index contributed by atoms with van der Waals surface area (Å²) in [5.41, 5.74) is 4.37. The molecule has 32 heavy (non-hydrogen) atoms. The Bertz CT molecular complexity index is 1280. The number of aromatic nitrogens is 1. The summed E-state index contributed by atoms with van der Waals surface area (Å²) in [5, 5.41) is 13.1. The first kappa shape index (κ1) is 21.7. The molecule has 2 N–H and O–H groups in total. The molecule has 4 heteroatoms. The van der Waals surface area contributed by atoms with Gasteiger partial charge >= 0.3 is 5.97 Å². The number of aromatic carboxylic acids is 1. The van der Waals surface area contributed by atoms with Crippen LogP contribution >= 0.6 is 0 Å². The standard InChI is InChI=1S/C28H29NO3/c1-3-10-19(4-2)22-14-8-15-23-24(27(28(30)31)29-26(22)23)16-9-18-32-25-17-7-12-20-11-5-6-13-21(20)25/h5-8,10-15,17,29H,3-4,9,16,18H2,1-2H3,(H,30,31). The van der Waals surface area contributed by atoms with Crippen LogP contribution in [0.4, 0.5) is 0 Å². The zero-order chi connectivity index (χ0) is 22.5. The number of H-pyrrole nitrogens is 1. The van der Waals surface area contributed by atoms with E-state index in [2.05, 4.69) is 49.2 Å². The molecule has 0 saturated carbocycles. The zero-order valence-electron chi connectivity index (χ0n) is 18.7. The number of aryl methyl sites for hydroxylation is 1. The first-order valence-corrected chi connectivity index (χ1v) is 11.3.